The number of hydrogen-bond acceptors (Lipinski definition) is 5. The van der Waals surface area contributed by atoms with Crippen molar-refractivity contribution in [2.75, 3.05) is 37.0 Å². The second-order valence-electron chi connectivity index (χ2n) is 7.74. The van der Waals surface area contributed by atoms with Crippen molar-refractivity contribution in [2.45, 2.75) is 30.3 Å². The molecule has 0 bridgehead atoms. The third-order valence-electron chi connectivity index (χ3n) is 5.60. The fourth-order valence-corrected chi connectivity index (χ4v) is 5.10. The Bertz CT molecular complexity index is 1050. The van der Waals surface area contributed by atoms with Crippen LogP contribution in [0.4, 0.5) is 11.4 Å². The van der Waals surface area contributed by atoms with Crippen LogP contribution in [0.3, 0.4) is 0 Å². The number of nitrogens with zero attached hydrogens (tertiary/aromatic N) is 2. The number of amides is 1. The minimum Gasteiger partial charge on any atom is -0.387 e. The Morgan fingerprint density at radius 1 is 1.10 bits per heavy atom. The summed E-state index contributed by atoms with van der Waals surface area (Å²) in [4.78, 5) is 15.9. The van der Waals surface area contributed by atoms with Gasteiger partial charge in [0.05, 0.1) is 16.7 Å². The number of carbonyl (C=O) groups excluding carboxylic acids is 1. The van der Waals surface area contributed by atoms with Gasteiger partial charge in [0.15, 0.2) is 0 Å². The lowest BCUT2D eigenvalue weighted by molar-refractivity contribution is -0.118. The fraction of sp³-hybridized carbons (Fsp3) is 0.381. The number of nitrogens with one attached hydrogen (secondary N) is 1. The van der Waals surface area contributed by atoms with Crippen molar-refractivity contribution < 1.29 is 18.3 Å². The fourth-order valence-electron chi connectivity index (χ4n) is 3.97. The molecule has 2 N–H and O–H groups in total. The molecule has 2 heterocycles. The average Bonchev–Trinajstić information content (AvgIpc) is 3.14. The Labute approximate surface area is 171 Å². The lowest BCUT2D eigenvalue weighted by Gasteiger charge is -2.25. The molecule has 8 heteroatoms. The molecule has 29 heavy (non-hydrogen) atoms. The van der Waals surface area contributed by atoms with Crippen molar-refractivity contribution in [2.24, 2.45) is 0 Å². The number of rotatable bonds is 6. The molecule has 0 spiro atoms. The lowest BCUT2D eigenvalue weighted by Crippen LogP contribution is -2.33. The molecule has 2 aliphatic rings. The highest BCUT2D eigenvalue weighted by molar-refractivity contribution is 7.89. The molecule has 154 valence electrons. The number of aryl methyl sites for hydroxylation is 1. The summed E-state index contributed by atoms with van der Waals surface area (Å²) in [5.74, 6) is 0.105. The van der Waals surface area contributed by atoms with Gasteiger partial charge >= 0.3 is 0 Å². The summed E-state index contributed by atoms with van der Waals surface area (Å²) in [5.41, 5.74) is 4.34. The first-order valence-electron chi connectivity index (χ1n) is 9.67. The van der Waals surface area contributed by atoms with E-state index in [1.165, 1.54) is 0 Å². The van der Waals surface area contributed by atoms with E-state index in [0.29, 0.717) is 31.4 Å². The zero-order chi connectivity index (χ0) is 20.8. The summed E-state index contributed by atoms with van der Waals surface area (Å²) in [6.45, 7) is 0.500. The van der Waals surface area contributed by atoms with Crippen molar-refractivity contribution in [3.8, 4) is 0 Å². The summed E-state index contributed by atoms with van der Waals surface area (Å²) < 4.78 is 28.2. The van der Waals surface area contributed by atoms with Crippen LogP contribution in [-0.4, -0.2) is 46.6 Å². The topological polar surface area (TPSA) is 89.9 Å². The molecule has 1 unspecified atom stereocenters. The predicted octanol–water partition coefficient (Wildman–Crippen LogP) is 1.60. The second-order valence-corrected chi connectivity index (χ2v) is 9.51. The van der Waals surface area contributed by atoms with E-state index in [4.69, 9.17) is 0 Å². The maximum Gasteiger partial charge on any atom is 0.240 e. The van der Waals surface area contributed by atoms with E-state index < -0.39 is 16.1 Å². The minimum atomic E-state index is -3.77. The molecule has 7 nitrogen and oxygen atoms in total. The van der Waals surface area contributed by atoms with E-state index in [0.717, 1.165) is 22.5 Å². The number of benzene rings is 2. The van der Waals surface area contributed by atoms with Crippen molar-refractivity contribution in [1.82, 2.24) is 4.72 Å². The van der Waals surface area contributed by atoms with E-state index >= 15 is 0 Å². The largest absolute Gasteiger partial charge is 0.387 e. The van der Waals surface area contributed by atoms with Crippen LogP contribution in [-0.2, 0) is 27.7 Å². The minimum absolute atomic E-state index is 0.105. The highest BCUT2D eigenvalue weighted by atomic mass is 32.2. The molecule has 0 aromatic heterocycles. The molecule has 4 rings (SSSR count). The molecule has 1 atom stereocenters. The van der Waals surface area contributed by atoms with Gasteiger partial charge in [0.2, 0.25) is 15.9 Å². The van der Waals surface area contributed by atoms with Gasteiger partial charge in [-0.25, -0.2) is 13.1 Å². The van der Waals surface area contributed by atoms with Crippen LogP contribution in [0.15, 0.2) is 41.3 Å². The first-order valence-corrected chi connectivity index (χ1v) is 11.2. The Kier molecular flexibility index (Phi) is 5.10. The summed E-state index contributed by atoms with van der Waals surface area (Å²) in [6.07, 6.45) is 0.687. The number of hydrogen-bond donors (Lipinski definition) is 2. The van der Waals surface area contributed by atoms with Gasteiger partial charge in [0.25, 0.3) is 0 Å². The quantitative estimate of drug-likeness (QED) is 0.748. The van der Waals surface area contributed by atoms with Crippen LogP contribution < -0.4 is 14.5 Å². The second kappa shape index (κ2) is 7.44. The standard InChI is InChI=1S/C21H25N3O4S/c1-23(2)17-6-3-14(4-7-17)19(25)13-22-29(27,28)18-11-15-5-8-20(26)24-10-9-16(12-18)21(15)24/h3-4,6-7,11-12,19,22,25H,5,8-10,13H2,1-2H3. The molecular formula is C21H25N3O4S. The Hall–Kier alpha value is -2.42. The van der Waals surface area contributed by atoms with E-state index in [1.54, 1.807) is 29.2 Å². The van der Waals surface area contributed by atoms with E-state index in [-0.39, 0.29) is 17.3 Å². The molecule has 2 aromatic rings. The van der Waals surface area contributed by atoms with Crippen molar-refractivity contribution in [1.29, 1.82) is 0 Å². The van der Waals surface area contributed by atoms with Gasteiger partial charge in [-0.2, -0.15) is 0 Å². The van der Waals surface area contributed by atoms with Crippen LogP contribution in [0.25, 0.3) is 0 Å². The normalized spacial score (nSPS) is 16.7. The summed E-state index contributed by atoms with van der Waals surface area (Å²) in [6, 6.07) is 10.7. The molecular weight excluding hydrogens is 390 g/mol. The van der Waals surface area contributed by atoms with E-state index in [2.05, 4.69) is 4.72 Å². The third-order valence-corrected chi connectivity index (χ3v) is 7.00. The Balaban J connectivity index is 1.50. The van der Waals surface area contributed by atoms with E-state index in [9.17, 15) is 18.3 Å². The number of anilines is 2. The van der Waals surface area contributed by atoms with Gasteiger partial charge in [-0.1, -0.05) is 12.1 Å². The van der Waals surface area contributed by atoms with Crippen LogP contribution in [0, 0.1) is 0 Å². The molecule has 0 saturated carbocycles. The van der Waals surface area contributed by atoms with Gasteiger partial charge < -0.3 is 14.9 Å². The number of aliphatic hydroxyl groups is 1. The van der Waals surface area contributed by atoms with Crippen LogP contribution in [0.2, 0.25) is 0 Å². The van der Waals surface area contributed by atoms with Gasteiger partial charge in [-0.05, 0) is 53.8 Å². The zero-order valence-electron chi connectivity index (χ0n) is 16.6. The molecule has 2 aliphatic heterocycles. The molecule has 2 aromatic carbocycles. The Morgan fingerprint density at radius 3 is 2.41 bits per heavy atom. The van der Waals surface area contributed by atoms with Gasteiger partial charge in [0.1, 0.15) is 0 Å². The van der Waals surface area contributed by atoms with Gasteiger partial charge in [-0.15, -0.1) is 0 Å². The predicted molar refractivity (Wildman–Crippen MR) is 112 cm³/mol. The van der Waals surface area contributed by atoms with Crippen molar-refractivity contribution in [3.63, 3.8) is 0 Å². The first-order chi connectivity index (χ1) is 13.8. The molecule has 0 aliphatic carbocycles. The maximum absolute atomic E-state index is 12.8. The van der Waals surface area contributed by atoms with Crippen LogP contribution in [0.1, 0.15) is 29.2 Å². The molecule has 0 radical (unpaired) electrons. The van der Waals surface area contributed by atoms with E-state index in [1.807, 2.05) is 31.1 Å². The highest BCUT2D eigenvalue weighted by Crippen LogP contribution is 2.38. The SMILES string of the molecule is CN(C)c1ccc(C(O)CNS(=O)(=O)c2cc3c4c(c2)CCN4C(=O)CC3)cc1. The van der Waals surface area contributed by atoms with Gasteiger partial charge in [-0.3, -0.25) is 4.79 Å². The smallest absolute Gasteiger partial charge is 0.240 e. The van der Waals surface area contributed by atoms with Crippen LogP contribution in [0.5, 0.6) is 0 Å². The number of aliphatic hydroxyl groups excluding tert-OH is 1. The molecule has 0 saturated heterocycles. The maximum atomic E-state index is 12.8. The third kappa shape index (κ3) is 3.75. The monoisotopic (exact) mass is 415 g/mol. The van der Waals surface area contributed by atoms with Crippen molar-refractivity contribution >= 4 is 27.3 Å². The number of carbonyl (C=O) groups is 1. The highest BCUT2D eigenvalue weighted by Gasteiger charge is 2.33. The summed E-state index contributed by atoms with van der Waals surface area (Å²) in [7, 11) is 0.0907. The summed E-state index contributed by atoms with van der Waals surface area (Å²) >= 11 is 0. The first kappa shape index (κ1) is 19.9. The Morgan fingerprint density at radius 2 is 1.76 bits per heavy atom. The average molecular weight is 416 g/mol. The van der Waals surface area contributed by atoms with Crippen molar-refractivity contribution in [3.05, 3.63) is 53.1 Å². The lowest BCUT2D eigenvalue weighted by atomic mass is 10.00. The van der Waals surface area contributed by atoms with Gasteiger partial charge in [0, 0.05) is 39.3 Å². The molecule has 0 fully saturated rings. The number of sulfonamides is 1. The van der Waals surface area contributed by atoms with Crippen LogP contribution >= 0.6 is 0 Å². The summed E-state index contributed by atoms with van der Waals surface area (Å²) in [5, 5.41) is 10.4. The molecule has 1 amide bonds. The zero-order valence-corrected chi connectivity index (χ0v) is 17.4.